The molecule has 0 aromatic heterocycles. The highest BCUT2D eigenvalue weighted by molar-refractivity contribution is 5.76. The lowest BCUT2D eigenvalue weighted by Crippen LogP contribution is -2.30. The van der Waals surface area contributed by atoms with Crippen molar-refractivity contribution in [2.75, 3.05) is 20.3 Å². The zero-order valence-electron chi connectivity index (χ0n) is 10.4. The molecule has 1 atom stereocenters. The number of hydrogen-bond acceptors (Lipinski definition) is 3. The van der Waals surface area contributed by atoms with Crippen molar-refractivity contribution in [2.24, 2.45) is 0 Å². The molecule has 0 aromatic carbocycles. The number of nitrogens with one attached hydrogen (secondary N) is 2. The van der Waals surface area contributed by atoms with Crippen molar-refractivity contribution < 1.29 is 9.53 Å². The van der Waals surface area contributed by atoms with Crippen molar-refractivity contribution in [1.29, 1.82) is 0 Å². The normalized spacial score (nSPS) is 17.1. The summed E-state index contributed by atoms with van der Waals surface area (Å²) in [5.74, 6) is 0.203. The van der Waals surface area contributed by atoms with Gasteiger partial charge in [0, 0.05) is 32.2 Å². The first-order valence-electron chi connectivity index (χ1n) is 6.24. The van der Waals surface area contributed by atoms with E-state index in [9.17, 15) is 4.79 Å². The molecule has 16 heavy (non-hydrogen) atoms. The molecular weight excluding hydrogens is 204 g/mol. The topological polar surface area (TPSA) is 50.4 Å². The van der Waals surface area contributed by atoms with Gasteiger partial charge in [0.15, 0.2) is 0 Å². The molecule has 94 valence electrons. The molecule has 1 amide bonds. The molecule has 1 aliphatic rings. The van der Waals surface area contributed by atoms with Crippen LogP contribution in [0, 0.1) is 0 Å². The monoisotopic (exact) mass is 228 g/mol. The Labute approximate surface area is 98.1 Å². The summed E-state index contributed by atoms with van der Waals surface area (Å²) in [5.41, 5.74) is 0. The number of carbonyl (C=O) groups excluding carboxylic acids is 1. The number of hydrogen-bond donors (Lipinski definition) is 2. The number of amides is 1. The highest BCUT2D eigenvalue weighted by Gasteiger charge is 2.22. The third-order valence-electron chi connectivity index (χ3n) is 2.77. The zero-order valence-corrected chi connectivity index (χ0v) is 10.4. The van der Waals surface area contributed by atoms with Crippen molar-refractivity contribution in [1.82, 2.24) is 10.6 Å². The summed E-state index contributed by atoms with van der Waals surface area (Å²) < 4.78 is 5.00. The molecule has 0 radical (unpaired) electrons. The van der Waals surface area contributed by atoms with Gasteiger partial charge < -0.3 is 15.4 Å². The summed E-state index contributed by atoms with van der Waals surface area (Å²) in [6.07, 6.45) is 4.90. The van der Waals surface area contributed by atoms with Crippen LogP contribution < -0.4 is 10.6 Å². The van der Waals surface area contributed by atoms with E-state index >= 15 is 0 Å². The lowest BCUT2D eigenvalue weighted by Gasteiger charge is -2.12. The van der Waals surface area contributed by atoms with Crippen LogP contribution in [0.4, 0.5) is 0 Å². The third kappa shape index (κ3) is 6.80. The fraction of sp³-hybridized carbons (Fsp3) is 0.917. The second-order valence-corrected chi connectivity index (χ2v) is 4.58. The first-order valence-corrected chi connectivity index (χ1v) is 6.24. The molecule has 2 N–H and O–H groups in total. The van der Waals surface area contributed by atoms with Gasteiger partial charge in [0.2, 0.25) is 5.91 Å². The van der Waals surface area contributed by atoms with Gasteiger partial charge in [0.1, 0.15) is 0 Å². The minimum atomic E-state index is 0.203. The van der Waals surface area contributed by atoms with Crippen LogP contribution in [0.1, 0.15) is 39.0 Å². The quantitative estimate of drug-likeness (QED) is 0.580. The molecule has 1 fully saturated rings. The van der Waals surface area contributed by atoms with Gasteiger partial charge in [0.25, 0.3) is 0 Å². The Morgan fingerprint density at radius 2 is 2.25 bits per heavy atom. The fourth-order valence-corrected chi connectivity index (χ4v) is 1.52. The summed E-state index contributed by atoms with van der Waals surface area (Å²) >= 11 is 0. The number of rotatable bonds is 9. The second-order valence-electron chi connectivity index (χ2n) is 4.58. The second kappa shape index (κ2) is 7.63. The first-order chi connectivity index (χ1) is 7.72. The highest BCUT2D eigenvalue weighted by Crippen LogP contribution is 2.18. The summed E-state index contributed by atoms with van der Waals surface area (Å²) in [4.78, 5) is 11.4. The summed E-state index contributed by atoms with van der Waals surface area (Å²) in [6, 6.07) is 0.951. The van der Waals surface area contributed by atoms with Crippen molar-refractivity contribution in [3.63, 3.8) is 0 Å². The Morgan fingerprint density at radius 3 is 2.88 bits per heavy atom. The van der Waals surface area contributed by atoms with Gasteiger partial charge in [-0.3, -0.25) is 4.79 Å². The van der Waals surface area contributed by atoms with E-state index in [-0.39, 0.29) is 5.91 Å². The van der Waals surface area contributed by atoms with Crippen molar-refractivity contribution in [3.8, 4) is 0 Å². The molecule has 1 unspecified atom stereocenters. The van der Waals surface area contributed by atoms with Gasteiger partial charge in [-0.1, -0.05) is 0 Å². The van der Waals surface area contributed by atoms with Gasteiger partial charge in [-0.25, -0.2) is 0 Å². The number of carbonyl (C=O) groups is 1. The molecule has 0 spiro atoms. The van der Waals surface area contributed by atoms with Crippen LogP contribution in [0.2, 0.25) is 0 Å². The van der Waals surface area contributed by atoms with E-state index in [0.717, 1.165) is 38.8 Å². The lowest BCUT2D eigenvalue weighted by atomic mass is 10.2. The molecule has 4 nitrogen and oxygen atoms in total. The Kier molecular flexibility index (Phi) is 6.42. The maximum Gasteiger partial charge on any atom is 0.220 e. The summed E-state index contributed by atoms with van der Waals surface area (Å²) in [5, 5.41) is 6.37. The molecule has 0 saturated heterocycles. The molecule has 0 aromatic rings. The van der Waals surface area contributed by atoms with Gasteiger partial charge in [-0.15, -0.1) is 0 Å². The highest BCUT2D eigenvalue weighted by atomic mass is 16.5. The zero-order chi connectivity index (χ0) is 11.8. The van der Waals surface area contributed by atoms with E-state index in [1.165, 1.54) is 0 Å². The van der Waals surface area contributed by atoms with E-state index in [4.69, 9.17) is 4.74 Å². The predicted octanol–water partition coefficient (Wildman–Crippen LogP) is 1.06. The van der Waals surface area contributed by atoms with Crippen LogP contribution in [0.3, 0.4) is 0 Å². The Hall–Kier alpha value is -0.610. The van der Waals surface area contributed by atoms with Crippen LogP contribution in [-0.4, -0.2) is 38.3 Å². The standard InChI is InChI=1S/C12H24N2O2/c1-10(7-9-16-2)13-8-3-4-12(15)14-11-5-6-11/h10-11,13H,3-9H2,1-2H3,(H,14,15). The van der Waals surface area contributed by atoms with Gasteiger partial charge in [-0.05, 0) is 39.2 Å². The molecule has 1 saturated carbocycles. The van der Waals surface area contributed by atoms with Crippen LogP contribution >= 0.6 is 0 Å². The van der Waals surface area contributed by atoms with Crippen LogP contribution in [-0.2, 0) is 9.53 Å². The molecule has 4 heteroatoms. The van der Waals surface area contributed by atoms with Gasteiger partial charge >= 0.3 is 0 Å². The Bertz CT molecular complexity index is 205. The van der Waals surface area contributed by atoms with Gasteiger partial charge in [-0.2, -0.15) is 0 Å². The van der Waals surface area contributed by atoms with Crippen LogP contribution in [0.15, 0.2) is 0 Å². The largest absolute Gasteiger partial charge is 0.385 e. The molecule has 0 aliphatic heterocycles. The average molecular weight is 228 g/mol. The number of ether oxygens (including phenoxy) is 1. The first kappa shape index (κ1) is 13.5. The van der Waals surface area contributed by atoms with Crippen LogP contribution in [0.5, 0.6) is 0 Å². The van der Waals surface area contributed by atoms with E-state index in [2.05, 4.69) is 17.6 Å². The third-order valence-corrected chi connectivity index (χ3v) is 2.77. The Balaban J connectivity index is 1.87. The van der Waals surface area contributed by atoms with E-state index < -0.39 is 0 Å². The smallest absolute Gasteiger partial charge is 0.220 e. The lowest BCUT2D eigenvalue weighted by molar-refractivity contribution is -0.121. The Morgan fingerprint density at radius 1 is 1.50 bits per heavy atom. The SMILES string of the molecule is COCCC(C)NCCCC(=O)NC1CC1. The van der Waals surface area contributed by atoms with E-state index in [0.29, 0.717) is 18.5 Å². The van der Waals surface area contributed by atoms with Gasteiger partial charge in [0.05, 0.1) is 0 Å². The van der Waals surface area contributed by atoms with Crippen LogP contribution in [0.25, 0.3) is 0 Å². The minimum Gasteiger partial charge on any atom is -0.385 e. The fourth-order valence-electron chi connectivity index (χ4n) is 1.52. The van der Waals surface area contributed by atoms with Crippen molar-refractivity contribution in [2.45, 2.75) is 51.1 Å². The molecule has 1 rings (SSSR count). The molecular formula is C12H24N2O2. The molecule has 1 aliphatic carbocycles. The number of methoxy groups -OCH3 is 1. The summed E-state index contributed by atoms with van der Waals surface area (Å²) in [6.45, 7) is 3.84. The average Bonchev–Trinajstić information content (AvgIpc) is 3.05. The summed E-state index contributed by atoms with van der Waals surface area (Å²) in [7, 11) is 1.72. The van der Waals surface area contributed by atoms with E-state index in [1.807, 2.05) is 0 Å². The van der Waals surface area contributed by atoms with Crippen molar-refractivity contribution in [3.05, 3.63) is 0 Å². The van der Waals surface area contributed by atoms with Crippen molar-refractivity contribution >= 4 is 5.91 Å². The molecule has 0 heterocycles. The molecule has 0 bridgehead atoms. The van der Waals surface area contributed by atoms with E-state index in [1.54, 1.807) is 7.11 Å². The maximum atomic E-state index is 11.4. The predicted molar refractivity (Wildman–Crippen MR) is 64.4 cm³/mol. The minimum absolute atomic E-state index is 0.203. The maximum absolute atomic E-state index is 11.4.